The molecule has 1 aliphatic rings. The first-order chi connectivity index (χ1) is 8.93. The van der Waals surface area contributed by atoms with Gasteiger partial charge in [0, 0.05) is 24.1 Å². The van der Waals surface area contributed by atoms with Crippen molar-refractivity contribution in [3.63, 3.8) is 0 Å². The van der Waals surface area contributed by atoms with Crippen molar-refractivity contribution in [3.05, 3.63) is 42.7 Å². The van der Waals surface area contributed by atoms with Gasteiger partial charge in [0.1, 0.15) is 0 Å². The molecule has 0 bridgehead atoms. The Balaban J connectivity index is 1.78. The molecule has 94 valence electrons. The number of benzene rings is 1. The first kappa shape index (κ1) is 11.7. The molecule has 1 aliphatic heterocycles. The van der Waals surface area contributed by atoms with Crippen LogP contribution in [-0.2, 0) is 0 Å². The van der Waals surface area contributed by atoms with Crippen LogP contribution in [0.2, 0.25) is 0 Å². The number of thioether (sulfide) groups is 1. The van der Waals surface area contributed by atoms with Gasteiger partial charge in [-0.15, -0.1) is 0 Å². The highest BCUT2D eigenvalue weighted by Gasteiger charge is 2.17. The Hall–Kier alpha value is -1.42. The molecular weight excluding hydrogens is 242 g/mol. The third-order valence-electron chi connectivity index (χ3n) is 3.28. The molecule has 0 unspecified atom stereocenters. The van der Waals surface area contributed by atoms with Gasteiger partial charge in [-0.1, -0.05) is 18.2 Å². The summed E-state index contributed by atoms with van der Waals surface area (Å²) in [6.07, 6.45) is 6.45. The van der Waals surface area contributed by atoms with Crippen LogP contribution in [0.15, 0.2) is 42.7 Å². The lowest BCUT2D eigenvalue weighted by Gasteiger charge is -2.24. The van der Waals surface area contributed by atoms with Crippen molar-refractivity contribution in [1.29, 1.82) is 0 Å². The van der Waals surface area contributed by atoms with Crippen molar-refractivity contribution in [2.75, 3.05) is 16.8 Å². The van der Waals surface area contributed by atoms with Crippen LogP contribution in [0.25, 0.3) is 0 Å². The van der Waals surface area contributed by atoms with E-state index in [4.69, 9.17) is 0 Å². The van der Waals surface area contributed by atoms with Crippen molar-refractivity contribution in [2.45, 2.75) is 18.9 Å². The van der Waals surface area contributed by atoms with E-state index in [2.05, 4.69) is 45.0 Å². The van der Waals surface area contributed by atoms with E-state index in [1.54, 1.807) is 0 Å². The summed E-state index contributed by atoms with van der Waals surface area (Å²) in [6.45, 7) is 0. The molecule has 0 spiro atoms. The molecule has 3 nitrogen and oxygen atoms in total. The summed E-state index contributed by atoms with van der Waals surface area (Å²) < 4.78 is 2.28. The Kier molecular flexibility index (Phi) is 3.55. The van der Waals surface area contributed by atoms with Crippen LogP contribution in [0.4, 0.5) is 11.6 Å². The predicted molar refractivity (Wildman–Crippen MR) is 77.5 cm³/mol. The summed E-state index contributed by atoms with van der Waals surface area (Å²) in [7, 11) is 0. The molecule has 0 aliphatic carbocycles. The maximum Gasteiger partial charge on any atom is 0.207 e. The van der Waals surface area contributed by atoms with Gasteiger partial charge in [0.05, 0.1) is 0 Å². The summed E-state index contributed by atoms with van der Waals surface area (Å²) in [5.74, 6) is 3.47. The average molecular weight is 259 g/mol. The van der Waals surface area contributed by atoms with Crippen LogP contribution in [-0.4, -0.2) is 21.1 Å². The molecule has 4 heteroatoms. The topological polar surface area (TPSA) is 29.9 Å². The number of hydrogen-bond acceptors (Lipinski definition) is 3. The molecule has 0 radical (unpaired) electrons. The smallest absolute Gasteiger partial charge is 0.207 e. The second kappa shape index (κ2) is 5.48. The SMILES string of the molecule is c1ccc(Nc2nccn2C2CCSCC2)cc1. The molecule has 0 atom stereocenters. The van der Waals surface area contributed by atoms with Crippen molar-refractivity contribution < 1.29 is 0 Å². The van der Waals surface area contributed by atoms with Crippen LogP contribution in [0.1, 0.15) is 18.9 Å². The summed E-state index contributed by atoms with van der Waals surface area (Å²) in [4.78, 5) is 4.43. The first-order valence-corrected chi connectivity index (χ1v) is 7.51. The van der Waals surface area contributed by atoms with E-state index < -0.39 is 0 Å². The highest BCUT2D eigenvalue weighted by atomic mass is 32.2. The molecular formula is C14H17N3S. The van der Waals surface area contributed by atoms with Gasteiger partial charge in [0.25, 0.3) is 0 Å². The van der Waals surface area contributed by atoms with Gasteiger partial charge in [0.2, 0.25) is 5.95 Å². The van der Waals surface area contributed by atoms with Crippen molar-refractivity contribution in [1.82, 2.24) is 9.55 Å². The monoisotopic (exact) mass is 259 g/mol. The quantitative estimate of drug-likeness (QED) is 0.911. The maximum atomic E-state index is 4.43. The van der Waals surface area contributed by atoms with E-state index in [-0.39, 0.29) is 0 Å². The van der Waals surface area contributed by atoms with E-state index in [0.29, 0.717) is 6.04 Å². The number of nitrogens with one attached hydrogen (secondary N) is 1. The third kappa shape index (κ3) is 2.53. The molecule has 3 rings (SSSR count). The van der Waals surface area contributed by atoms with Crippen molar-refractivity contribution >= 4 is 23.4 Å². The minimum Gasteiger partial charge on any atom is -0.326 e. The van der Waals surface area contributed by atoms with Crippen LogP contribution in [0, 0.1) is 0 Å². The summed E-state index contributed by atoms with van der Waals surface area (Å²) in [6, 6.07) is 10.8. The van der Waals surface area contributed by atoms with Crippen LogP contribution < -0.4 is 5.32 Å². The van der Waals surface area contributed by atoms with E-state index >= 15 is 0 Å². The zero-order valence-electron chi connectivity index (χ0n) is 10.2. The van der Waals surface area contributed by atoms with Gasteiger partial charge in [-0.25, -0.2) is 4.98 Å². The number of imidazole rings is 1. The first-order valence-electron chi connectivity index (χ1n) is 6.36. The normalized spacial score (nSPS) is 16.7. The highest BCUT2D eigenvalue weighted by Crippen LogP contribution is 2.29. The Morgan fingerprint density at radius 3 is 2.72 bits per heavy atom. The van der Waals surface area contributed by atoms with Crippen LogP contribution >= 0.6 is 11.8 Å². The average Bonchev–Trinajstić information content (AvgIpc) is 2.89. The second-order valence-corrected chi connectivity index (χ2v) is 5.72. The predicted octanol–water partition coefficient (Wildman–Crippen LogP) is 3.69. The fourth-order valence-electron chi connectivity index (χ4n) is 2.32. The molecule has 1 aromatic carbocycles. The number of hydrogen-bond donors (Lipinski definition) is 1. The number of nitrogens with zero attached hydrogens (tertiary/aromatic N) is 2. The van der Waals surface area contributed by atoms with Gasteiger partial charge >= 0.3 is 0 Å². The van der Waals surface area contributed by atoms with Gasteiger partial charge in [-0.3, -0.25) is 0 Å². The van der Waals surface area contributed by atoms with Gasteiger partial charge in [0.15, 0.2) is 0 Å². The van der Waals surface area contributed by atoms with E-state index in [1.165, 1.54) is 24.3 Å². The van der Waals surface area contributed by atoms with E-state index in [0.717, 1.165) is 11.6 Å². The fraction of sp³-hybridized carbons (Fsp3) is 0.357. The van der Waals surface area contributed by atoms with Crippen LogP contribution in [0.3, 0.4) is 0 Å². The molecule has 0 amide bonds. The molecule has 2 heterocycles. The molecule has 1 fully saturated rings. The Labute approximate surface area is 112 Å². The van der Waals surface area contributed by atoms with Gasteiger partial charge < -0.3 is 9.88 Å². The highest BCUT2D eigenvalue weighted by molar-refractivity contribution is 7.99. The fourth-order valence-corrected chi connectivity index (χ4v) is 3.40. The Bertz CT molecular complexity index is 489. The lowest BCUT2D eigenvalue weighted by Crippen LogP contribution is -2.16. The minimum absolute atomic E-state index is 0.597. The van der Waals surface area contributed by atoms with Crippen molar-refractivity contribution in [3.8, 4) is 0 Å². The van der Waals surface area contributed by atoms with E-state index in [1.807, 2.05) is 24.4 Å². The second-order valence-electron chi connectivity index (χ2n) is 4.49. The maximum absolute atomic E-state index is 4.43. The molecule has 1 saturated heterocycles. The lowest BCUT2D eigenvalue weighted by molar-refractivity contribution is 0.474. The summed E-state index contributed by atoms with van der Waals surface area (Å²) >= 11 is 2.05. The largest absolute Gasteiger partial charge is 0.326 e. The molecule has 1 N–H and O–H groups in total. The molecule has 2 aromatic rings. The molecule has 1 aromatic heterocycles. The third-order valence-corrected chi connectivity index (χ3v) is 4.33. The number of anilines is 2. The Morgan fingerprint density at radius 1 is 1.17 bits per heavy atom. The van der Waals surface area contributed by atoms with Crippen molar-refractivity contribution in [2.24, 2.45) is 0 Å². The zero-order valence-corrected chi connectivity index (χ0v) is 11.1. The Morgan fingerprint density at radius 2 is 1.94 bits per heavy atom. The zero-order chi connectivity index (χ0) is 12.2. The molecule has 0 saturated carbocycles. The number of para-hydroxylation sites is 1. The lowest BCUT2D eigenvalue weighted by atomic mass is 10.1. The molecule has 18 heavy (non-hydrogen) atoms. The minimum atomic E-state index is 0.597. The summed E-state index contributed by atoms with van der Waals surface area (Å²) in [5, 5.41) is 3.39. The van der Waals surface area contributed by atoms with E-state index in [9.17, 15) is 0 Å². The standard InChI is InChI=1S/C14H17N3S/c1-2-4-12(5-3-1)16-14-15-8-9-17(14)13-6-10-18-11-7-13/h1-5,8-9,13H,6-7,10-11H2,(H,15,16). The number of rotatable bonds is 3. The number of aromatic nitrogens is 2. The van der Waals surface area contributed by atoms with Crippen LogP contribution in [0.5, 0.6) is 0 Å². The van der Waals surface area contributed by atoms with Gasteiger partial charge in [-0.2, -0.15) is 11.8 Å². The van der Waals surface area contributed by atoms with Gasteiger partial charge in [-0.05, 0) is 36.5 Å². The summed E-state index contributed by atoms with van der Waals surface area (Å²) in [5.41, 5.74) is 1.09.